The first kappa shape index (κ1) is 22.3. The van der Waals surface area contributed by atoms with E-state index in [-0.39, 0.29) is 47.7 Å². The lowest BCUT2D eigenvalue weighted by molar-refractivity contribution is -0.632. The van der Waals surface area contributed by atoms with Gasteiger partial charge in [0.2, 0.25) is 0 Å². The van der Waals surface area contributed by atoms with Crippen LogP contribution in [0, 0.1) is 6.92 Å². The molecule has 1 rings (SSSR count). The van der Waals surface area contributed by atoms with Gasteiger partial charge in [0.25, 0.3) is 11.8 Å². The number of carbonyl (C=O) groups excluding carboxylic acids is 4. The van der Waals surface area contributed by atoms with Crippen LogP contribution in [0.4, 0.5) is 5.00 Å². The molecule has 0 radical (unpaired) electrons. The minimum atomic E-state index is -0.640. The molecule has 0 aromatic carbocycles. The van der Waals surface area contributed by atoms with E-state index in [1.165, 1.54) is 18.4 Å². The number of thiophene rings is 1. The zero-order valence-electron chi connectivity index (χ0n) is 15.5. The lowest BCUT2D eigenvalue weighted by atomic mass is 10.1. The minimum Gasteiger partial charge on any atom is -0.462 e. The van der Waals surface area contributed by atoms with Crippen LogP contribution in [0.5, 0.6) is 0 Å². The highest BCUT2D eigenvalue weighted by molar-refractivity contribution is 7.18. The largest absolute Gasteiger partial charge is 0.462 e. The average Bonchev–Trinajstić information content (AvgIpc) is 2.95. The number of ether oxygens (including phenoxy) is 2. The maximum atomic E-state index is 12.3. The Labute approximate surface area is 161 Å². The van der Waals surface area contributed by atoms with Gasteiger partial charge in [0.15, 0.2) is 13.1 Å². The van der Waals surface area contributed by atoms with E-state index < -0.39 is 17.8 Å². The fourth-order valence-corrected chi connectivity index (χ4v) is 3.16. The van der Waals surface area contributed by atoms with Crippen LogP contribution >= 0.6 is 11.3 Å². The number of hydrogen-bond acceptors (Lipinski definition) is 7. The smallest absolute Gasteiger partial charge is 0.348 e. The highest BCUT2D eigenvalue weighted by Gasteiger charge is 2.27. The van der Waals surface area contributed by atoms with Gasteiger partial charge in [-0.05, 0) is 19.4 Å². The van der Waals surface area contributed by atoms with Crippen molar-refractivity contribution in [3.05, 3.63) is 28.7 Å². The Kier molecular flexibility index (Phi) is 9.17. The molecule has 0 aliphatic heterocycles. The van der Waals surface area contributed by atoms with Crippen molar-refractivity contribution < 1.29 is 34.0 Å². The number of amides is 2. The number of hydrogen-bond donors (Lipinski definition) is 3. The van der Waals surface area contributed by atoms with Gasteiger partial charge in [-0.15, -0.1) is 11.3 Å². The molecule has 0 saturated carbocycles. The van der Waals surface area contributed by atoms with E-state index in [0.29, 0.717) is 5.56 Å². The average molecular weight is 398 g/mol. The van der Waals surface area contributed by atoms with Crippen LogP contribution in [0.1, 0.15) is 32.5 Å². The molecule has 1 aromatic rings. The molecule has 9 nitrogen and oxygen atoms in total. The summed E-state index contributed by atoms with van der Waals surface area (Å²) in [5, 5.41) is 6.76. The van der Waals surface area contributed by atoms with Gasteiger partial charge in [0.05, 0.1) is 12.2 Å². The van der Waals surface area contributed by atoms with Gasteiger partial charge >= 0.3 is 11.9 Å². The van der Waals surface area contributed by atoms with Crippen LogP contribution in [0.3, 0.4) is 0 Å². The second-order valence-electron chi connectivity index (χ2n) is 5.29. The third-order valence-electron chi connectivity index (χ3n) is 3.34. The summed E-state index contributed by atoms with van der Waals surface area (Å²) in [5.41, 5.74) is 0.490. The van der Waals surface area contributed by atoms with Gasteiger partial charge < -0.3 is 25.4 Å². The zero-order chi connectivity index (χ0) is 20.4. The van der Waals surface area contributed by atoms with Crippen molar-refractivity contribution in [2.75, 3.05) is 38.7 Å². The van der Waals surface area contributed by atoms with Crippen molar-refractivity contribution in [3.63, 3.8) is 0 Å². The quantitative estimate of drug-likeness (QED) is 0.371. The summed E-state index contributed by atoms with van der Waals surface area (Å²) in [4.78, 5) is 47.9. The summed E-state index contributed by atoms with van der Waals surface area (Å²) in [6, 6.07) is 0. The van der Waals surface area contributed by atoms with Gasteiger partial charge in [-0.2, -0.15) is 0 Å². The first-order valence-electron chi connectivity index (χ1n) is 8.26. The second-order valence-corrected chi connectivity index (χ2v) is 6.31. The van der Waals surface area contributed by atoms with E-state index in [0.717, 1.165) is 11.3 Å². The number of nitrogens with two attached hydrogens (primary N) is 1. The van der Waals surface area contributed by atoms with E-state index >= 15 is 0 Å². The molecular weight excluding hydrogens is 374 g/mol. The summed E-state index contributed by atoms with van der Waals surface area (Å²) in [6.45, 7) is 6.96. The van der Waals surface area contributed by atoms with Crippen LogP contribution in [-0.4, -0.2) is 57.1 Å². The van der Waals surface area contributed by atoms with E-state index in [1.807, 2.05) is 0 Å². The lowest BCUT2D eigenvalue weighted by Gasteiger charge is -2.06. The number of likely N-dealkylation sites (N-methyl/N-ethyl adjacent to an activating group) is 1. The zero-order valence-corrected chi connectivity index (χ0v) is 16.4. The number of nitrogens with one attached hydrogen (secondary N) is 2. The molecule has 10 heteroatoms. The Balaban J connectivity index is 3.00. The summed E-state index contributed by atoms with van der Waals surface area (Å²) in [7, 11) is 1.50. The van der Waals surface area contributed by atoms with Gasteiger partial charge in [-0.1, -0.05) is 12.7 Å². The maximum Gasteiger partial charge on any atom is 0.348 e. The molecule has 0 saturated heterocycles. The molecule has 0 fully saturated rings. The molecule has 2 amide bonds. The van der Waals surface area contributed by atoms with Crippen LogP contribution in [0.25, 0.3) is 0 Å². The third-order valence-corrected chi connectivity index (χ3v) is 4.52. The Morgan fingerprint density at radius 2 is 1.81 bits per heavy atom. The minimum absolute atomic E-state index is 0.0249. The van der Waals surface area contributed by atoms with Crippen LogP contribution in [-0.2, 0) is 19.1 Å². The second kappa shape index (κ2) is 11.1. The highest BCUT2D eigenvalue weighted by atomic mass is 32.1. The Morgan fingerprint density at radius 3 is 2.41 bits per heavy atom. The number of anilines is 1. The van der Waals surface area contributed by atoms with Crippen molar-refractivity contribution in [1.82, 2.24) is 5.32 Å². The van der Waals surface area contributed by atoms with Crippen molar-refractivity contribution in [3.8, 4) is 0 Å². The summed E-state index contributed by atoms with van der Waals surface area (Å²) < 4.78 is 10.0. The summed E-state index contributed by atoms with van der Waals surface area (Å²) in [5.74, 6) is -1.89. The van der Waals surface area contributed by atoms with Crippen LogP contribution < -0.4 is 16.0 Å². The molecule has 0 aliphatic carbocycles. The molecule has 0 spiro atoms. The van der Waals surface area contributed by atoms with Gasteiger partial charge in [-0.3, -0.25) is 9.59 Å². The number of quaternary nitrogens is 1. The fraction of sp³-hybridized carbons (Fsp3) is 0.412. The normalized spacial score (nSPS) is 10.0. The maximum absolute atomic E-state index is 12.3. The molecule has 27 heavy (non-hydrogen) atoms. The first-order chi connectivity index (χ1) is 12.8. The molecule has 0 atom stereocenters. The van der Waals surface area contributed by atoms with Crippen molar-refractivity contribution in [1.29, 1.82) is 0 Å². The predicted molar refractivity (Wildman–Crippen MR) is 99.8 cm³/mol. The van der Waals surface area contributed by atoms with Crippen molar-refractivity contribution >= 4 is 40.1 Å². The van der Waals surface area contributed by atoms with Gasteiger partial charge in [0, 0.05) is 7.05 Å². The van der Waals surface area contributed by atoms with Gasteiger partial charge in [-0.25, -0.2) is 9.59 Å². The topological polar surface area (TPSA) is 127 Å². The fourth-order valence-electron chi connectivity index (χ4n) is 2.06. The molecule has 1 aromatic heterocycles. The predicted octanol–water partition coefficient (Wildman–Crippen LogP) is -0.176. The van der Waals surface area contributed by atoms with E-state index in [9.17, 15) is 19.2 Å². The van der Waals surface area contributed by atoms with E-state index in [1.54, 1.807) is 13.8 Å². The Morgan fingerprint density at radius 1 is 1.15 bits per heavy atom. The molecule has 4 N–H and O–H groups in total. The van der Waals surface area contributed by atoms with Crippen molar-refractivity contribution in [2.45, 2.75) is 13.8 Å². The SMILES string of the molecule is C=CCOC(=O)c1sc(NC(=O)C[NH2+]CC(=O)NC)c(C(=O)OCC)c1C. The molecule has 0 aliphatic rings. The van der Waals surface area contributed by atoms with Crippen molar-refractivity contribution in [2.24, 2.45) is 0 Å². The van der Waals surface area contributed by atoms with E-state index in [2.05, 4.69) is 17.2 Å². The first-order valence-corrected chi connectivity index (χ1v) is 9.07. The van der Waals surface area contributed by atoms with E-state index in [4.69, 9.17) is 9.47 Å². The monoisotopic (exact) mass is 398 g/mol. The number of rotatable bonds is 10. The lowest BCUT2D eigenvalue weighted by Crippen LogP contribution is -2.88. The summed E-state index contributed by atoms with van der Waals surface area (Å²) in [6.07, 6.45) is 1.43. The standard InChI is InChI=1S/C17H23N3O6S/c1-5-7-26-17(24)14-10(3)13(16(23)25-6-2)15(27-14)20-12(22)9-19-8-11(21)18-4/h5,19H,1,6-9H2,2-4H3,(H,18,21)(H,20,22)/p+1. The Bertz CT molecular complexity index is 728. The van der Waals surface area contributed by atoms with Crippen LogP contribution in [0.15, 0.2) is 12.7 Å². The Hall–Kier alpha value is -2.72. The summed E-state index contributed by atoms with van der Waals surface area (Å²) >= 11 is 0.937. The molecule has 1 heterocycles. The molecule has 148 valence electrons. The van der Waals surface area contributed by atoms with Crippen LogP contribution in [0.2, 0.25) is 0 Å². The van der Waals surface area contributed by atoms with Gasteiger partial charge in [0.1, 0.15) is 16.5 Å². The molecule has 0 bridgehead atoms. The molecule has 0 unspecified atom stereocenters. The number of esters is 2. The highest BCUT2D eigenvalue weighted by Crippen LogP contribution is 2.34. The number of carbonyl (C=O) groups is 4. The third kappa shape index (κ3) is 6.50. The molecular formula is C17H24N3O6S+.